The first-order valence-corrected chi connectivity index (χ1v) is 13.7. The Morgan fingerprint density at radius 2 is 1.79 bits per heavy atom. The van der Waals surface area contributed by atoms with Crippen molar-refractivity contribution in [1.29, 1.82) is 0 Å². The molecule has 4 aliphatic carbocycles. The third kappa shape index (κ3) is 3.59. The highest BCUT2D eigenvalue weighted by atomic mass is 16.4. The summed E-state index contributed by atoms with van der Waals surface area (Å²) in [6.45, 7) is 20.4. The summed E-state index contributed by atoms with van der Waals surface area (Å²) in [7, 11) is 0. The monoisotopic (exact) mass is 468 g/mol. The minimum atomic E-state index is -0.764. The molecule has 34 heavy (non-hydrogen) atoms. The first kappa shape index (κ1) is 25.7. The number of aliphatic carboxylic acids is 1. The van der Waals surface area contributed by atoms with Crippen molar-refractivity contribution in [2.75, 3.05) is 0 Å². The van der Waals surface area contributed by atoms with Crippen molar-refractivity contribution in [1.82, 2.24) is 0 Å². The Labute approximate surface area is 207 Å². The third-order valence-corrected chi connectivity index (χ3v) is 11.4. The Bertz CT molecular complexity index is 923. The largest absolute Gasteiger partial charge is 0.481 e. The molecule has 1 unspecified atom stereocenters. The predicted octanol–water partition coefficient (Wildman–Crippen LogP) is 7.57. The van der Waals surface area contributed by atoms with Crippen LogP contribution in [0.2, 0.25) is 0 Å². The standard InChI is InChI=1S/C31H48O3/c1-19(2)20(3)10-11-21(27(33)34)26-24(32)18-31(8)23-12-13-25-28(4,5)15-9-16-29(25,6)22(23)14-17-30(26,31)7/h12,14,19,21,24-26,32H,3,9-11,13,15-18H2,1-2,4-8H3,(H,33,34)/t21?,24-,25+,26+,29-,30-,31+/m1/s1. The topological polar surface area (TPSA) is 57.5 Å². The number of fused-ring (bicyclic) bond motifs is 5. The molecule has 0 amide bonds. The lowest BCUT2D eigenvalue weighted by Gasteiger charge is -2.60. The Morgan fingerprint density at radius 3 is 2.41 bits per heavy atom. The van der Waals surface area contributed by atoms with Crippen molar-refractivity contribution < 1.29 is 15.0 Å². The van der Waals surface area contributed by atoms with Crippen LogP contribution in [-0.4, -0.2) is 22.3 Å². The van der Waals surface area contributed by atoms with Gasteiger partial charge in [-0.25, -0.2) is 0 Å². The van der Waals surface area contributed by atoms with Crippen molar-refractivity contribution in [3.8, 4) is 0 Å². The van der Waals surface area contributed by atoms with Crippen LogP contribution in [0.25, 0.3) is 0 Å². The Kier molecular flexibility index (Phi) is 6.32. The molecule has 2 fully saturated rings. The summed E-state index contributed by atoms with van der Waals surface area (Å²) in [5.41, 5.74) is 4.10. The maximum Gasteiger partial charge on any atom is 0.306 e. The summed E-state index contributed by atoms with van der Waals surface area (Å²) in [5, 5.41) is 21.8. The molecule has 0 spiro atoms. The molecule has 0 aromatic rings. The van der Waals surface area contributed by atoms with E-state index in [9.17, 15) is 15.0 Å². The van der Waals surface area contributed by atoms with E-state index in [0.29, 0.717) is 36.5 Å². The zero-order chi connectivity index (χ0) is 25.3. The van der Waals surface area contributed by atoms with Crippen LogP contribution in [0.15, 0.2) is 35.5 Å². The average molecular weight is 469 g/mol. The number of carboxylic acid groups (broad SMARTS) is 1. The molecule has 0 heterocycles. The molecular formula is C31H48O3. The number of aliphatic hydroxyl groups excluding tert-OH is 1. The summed E-state index contributed by atoms with van der Waals surface area (Å²) in [5.74, 6) is -0.563. The maximum absolute atomic E-state index is 12.6. The molecule has 0 aromatic carbocycles. The van der Waals surface area contributed by atoms with Gasteiger partial charge in [0.1, 0.15) is 0 Å². The van der Waals surface area contributed by atoms with Crippen LogP contribution in [-0.2, 0) is 4.79 Å². The number of rotatable bonds is 6. The van der Waals surface area contributed by atoms with Gasteiger partial charge in [0, 0.05) is 11.3 Å². The van der Waals surface area contributed by atoms with E-state index in [-0.39, 0.29) is 22.2 Å². The Morgan fingerprint density at radius 1 is 1.12 bits per heavy atom. The first-order valence-electron chi connectivity index (χ1n) is 13.7. The molecule has 3 heteroatoms. The van der Waals surface area contributed by atoms with Crippen LogP contribution in [0.1, 0.15) is 99.8 Å². The number of aliphatic hydroxyl groups is 1. The molecule has 0 saturated heterocycles. The summed E-state index contributed by atoms with van der Waals surface area (Å²) < 4.78 is 0. The van der Waals surface area contributed by atoms with Crippen LogP contribution in [0.5, 0.6) is 0 Å². The fraction of sp³-hybridized carbons (Fsp3) is 0.774. The van der Waals surface area contributed by atoms with E-state index in [0.717, 1.165) is 18.4 Å². The number of allylic oxidation sites excluding steroid dienone is 5. The first-order chi connectivity index (χ1) is 15.7. The second kappa shape index (κ2) is 8.36. The van der Waals surface area contributed by atoms with Gasteiger partial charge in [-0.05, 0) is 84.2 Å². The van der Waals surface area contributed by atoms with E-state index < -0.39 is 18.0 Å². The van der Waals surface area contributed by atoms with E-state index in [1.165, 1.54) is 30.4 Å². The number of hydrogen-bond acceptors (Lipinski definition) is 2. The molecule has 2 N–H and O–H groups in total. The molecule has 0 bridgehead atoms. The smallest absolute Gasteiger partial charge is 0.306 e. The quantitative estimate of drug-likeness (QED) is 0.395. The molecule has 7 atom stereocenters. The lowest BCUT2D eigenvalue weighted by molar-refractivity contribution is -0.148. The second-order valence-electron chi connectivity index (χ2n) is 13.8. The fourth-order valence-corrected chi connectivity index (χ4v) is 9.00. The predicted molar refractivity (Wildman–Crippen MR) is 139 cm³/mol. The van der Waals surface area contributed by atoms with Crippen molar-refractivity contribution in [2.24, 2.45) is 45.3 Å². The fourth-order valence-electron chi connectivity index (χ4n) is 9.00. The van der Waals surface area contributed by atoms with Crippen LogP contribution >= 0.6 is 0 Å². The molecule has 190 valence electrons. The third-order valence-electron chi connectivity index (χ3n) is 11.4. The second-order valence-corrected chi connectivity index (χ2v) is 13.8. The van der Waals surface area contributed by atoms with E-state index in [2.05, 4.69) is 67.2 Å². The normalized spacial score (nSPS) is 41.6. The van der Waals surface area contributed by atoms with Gasteiger partial charge in [0.05, 0.1) is 12.0 Å². The molecule has 2 saturated carbocycles. The van der Waals surface area contributed by atoms with Gasteiger partial charge in [0.15, 0.2) is 0 Å². The van der Waals surface area contributed by atoms with Gasteiger partial charge in [-0.15, -0.1) is 0 Å². The van der Waals surface area contributed by atoms with Gasteiger partial charge in [-0.1, -0.05) is 79.2 Å². The van der Waals surface area contributed by atoms with Gasteiger partial charge in [0.25, 0.3) is 0 Å². The van der Waals surface area contributed by atoms with Crippen molar-refractivity contribution in [2.45, 2.75) is 106 Å². The minimum Gasteiger partial charge on any atom is -0.481 e. The molecule has 4 rings (SSSR count). The minimum absolute atomic E-state index is 0.181. The molecule has 0 radical (unpaired) electrons. The average Bonchev–Trinajstić information content (AvgIpc) is 2.93. The molecule has 0 aliphatic heterocycles. The zero-order valence-electron chi connectivity index (χ0n) is 22.7. The maximum atomic E-state index is 12.6. The van der Waals surface area contributed by atoms with Gasteiger partial charge >= 0.3 is 5.97 Å². The van der Waals surface area contributed by atoms with Gasteiger partial charge in [-0.2, -0.15) is 0 Å². The zero-order valence-corrected chi connectivity index (χ0v) is 22.7. The van der Waals surface area contributed by atoms with Crippen LogP contribution in [0.3, 0.4) is 0 Å². The Hall–Kier alpha value is -1.35. The molecule has 0 aromatic heterocycles. The summed E-state index contributed by atoms with van der Waals surface area (Å²) in [6, 6.07) is 0. The van der Waals surface area contributed by atoms with E-state index >= 15 is 0 Å². The number of carboxylic acids is 1. The van der Waals surface area contributed by atoms with Crippen LogP contribution in [0.4, 0.5) is 0 Å². The van der Waals surface area contributed by atoms with Gasteiger partial charge < -0.3 is 10.2 Å². The van der Waals surface area contributed by atoms with Crippen molar-refractivity contribution in [3.63, 3.8) is 0 Å². The van der Waals surface area contributed by atoms with E-state index in [1.807, 2.05) is 0 Å². The molecule has 3 nitrogen and oxygen atoms in total. The Balaban J connectivity index is 1.72. The number of hydrogen-bond donors (Lipinski definition) is 2. The lowest BCUT2D eigenvalue weighted by Crippen LogP contribution is -2.51. The summed E-state index contributed by atoms with van der Waals surface area (Å²) in [6.07, 6.45) is 12.1. The molecule has 4 aliphatic rings. The summed E-state index contributed by atoms with van der Waals surface area (Å²) in [4.78, 5) is 12.6. The van der Waals surface area contributed by atoms with Crippen LogP contribution < -0.4 is 0 Å². The van der Waals surface area contributed by atoms with E-state index in [4.69, 9.17) is 0 Å². The molecular weight excluding hydrogens is 420 g/mol. The van der Waals surface area contributed by atoms with Gasteiger partial charge in [0.2, 0.25) is 0 Å². The van der Waals surface area contributed by atoms with E-state index in [1.54, 1.807) is 0 Å². The summed E-state index contributed by atoms with van der Waals surface area (Å²) >= 11 is 0. The van der Waals surface area contributed by atoms with Crippen molar-refractivity contribution >= 4 is 5.97 Å². The SMILES string of the molecule is C=C(CCC(C(=O)O)[C@H]1[C@H](O)C[C@@]2(C)C3=CC[C@H]4C(C)(C)CCC[C@]4(C)C3=CC[C@]12C)C(C)C. The highest BCUT2D eigenvalue weighted by molar-refractivity contribution is 5.71. The van der Waals surface area contributed by atoms with Crippen molar-refractivity contribution in [3.05, 3.63) is 35.5 Å². The highest BCUT2D eigenvalue weighted by Gasteiger charge is 2.66. The van der Waals surface area contributed by atoms with Gasteiger partial charge in [-0.3, -0.25) is 4.79 Å². The lowest BCUT2D eigenvalue weighted by atomic mass is 9.44. The highest BCUT2D eigenvalue weighted by Crippen LogP contribution is 2.71. The number of carbonyl (C=O) groups is 1. The van der Waals surface area contributed by atoms with Crippen LogP contribution in [0, 0.1) is 45.3 Å².